The fourth-order valence-electron chi connectivity index (χ4n) is 2.54. The van der Waals surface area contributed by atoms with Crippen molar-refractivity contribution in [2.75, 3.05) is 6.79 Å². The summed E-state index contributed by atoms with van der Waals surface area (Å²) in [7, 11) is 0. The standard InChI is InChI=1S/C17H13F3O4/c18-17(19,20)12-4-1-10(2-5-12)7-13(16(21)22)11-3-6-14-15(8-11)24-9-23-14/h1-6,8,13H,7,9H2,(H,21,22). The van der Waals surface area contributed by atoms with Crippen LogP contribution in [0.4, 0.5) is 13.2 Å². The quantitative estimate of drug-likeness (QED) is 0.920. The average Bonchev–Trinajstić information content (AvgIpc) is 2.99. The number of ether oxygens (including phenoxy) is 2. The number of fused-ring (bicyclic) bond motifs is 1. The van der Waals surface area contributed by atoms with Gasteiger partial charge in [-0.25, -0.2) is 0 Å². The largest absolute Gasteiger partial charge is 0.481 e. The minimum Gasteiger partial charge on any atom is -0.481 e. The smallest absolute Gasteiger partial charge is 0.416 e. The molecule has 4 nitrogen and oxygen atoms in total. The Labute approximate surface area is 135 Å². The molecular weight excluding hydrogens is 325 g/mol. The van der Waals surface area contributed by atoms with E-state index < -0.39 is 23.6 Å². The predicted octanol–water partition coefficient (Wildman–Crippen LogP) is 3.85. The highest BCUT2D eigenvalue weighted by Gasteiger charge is 2.30. The van der Waals surface area contributed by atoms with Crippen LogP contribution in [0.25, 0.3) is 0 Å². The van der Waals surface area contributed by atoms with Gasteiger partial charge in [0.1, 0.15) is 0 Å². The number of halogens is 3. The van der Waals surface area contributed by atoms with Gasteiger partial charge in [-0.2, -0.15) is 13.2 Å². The number of carboxylic acids is 1. The summed E-state index contributed by atoms with van der Waals surface area (Å²) in [6, 6.07) is 9.33. The van der Waals surface area contributed by atoms with Gasteiger partial charge < -0.3 is 14.6 Å². The molecule has 1 atom stereocenters. The SMILES string of the molecule is O=C(O)C(Cc1ccc(C(F)(F)F)cc1)c1ccc2c(c1)OCO2. The lowest BCUT2D eigenvalue weighted by atomic mass is 9.91. The molecule has 24 heavy (non-hydrogen) atoms. The van der Waals surface area contributed by atoms with E-state index in [1.54, 1.807) is 18.2 Å². The molecule has 0 radical (unpaired) electrons. The van der Waals surface area contributed by atoms with E-state index in [0.29, 0.717) is 22.6 Å². The maximum Gasteiger partial charge on any atom is 0.416 e. The zero-order chi connectivity index (χ0) is 17.3. The van der Waals surface area contributed by atoms with Crippen LogP contribution in [0.5, 0.6) is 11.5 Å². The molecule has 1 aliphatic rings. The Morgan fingerprint density at radius 1 is 1.08 bits per heavy atom. The first kappa shape index (κ1) is 16.2. The molecule has 3 rings (SSSR count). The highest BCUT2D eigenvalue weighted by atomic mass is 19.4. The van der Waals surface area contributed by atoms with Gasteiger partial charge in [-0.1, -0.05) is 18.2 Å². The van der Waals surface area contributed by atoms with Crippen LogP contribution in [0.2, 0.25) is 0 Å². The molecule has 0 spiro atoms. The van der Waals surface area contributed by atoms with Crippen molar-refractivity contribution >= 4 is 5.97 Å². The first-order chi connectivity index (χ1) is 11.3. The molecule has 1 unspecified atom stereocenters. The second-order valence-corrected chi connectivity index (χ2v) is 5.40. The number of alkyl halides is 3. The van der Waals surface area contributed by atoms with Crippen LogP contribution in [0.3, 0.4) is 0 Å². The Hall–Kier alpha value is -2.70. The van der Waals surface area contributed by atoms with Crippen molar-refractivity contribution in [2.45, 2.75) is 18.5 Å². The van der Waals surface area contributed by atoms with E-state index in [-0.39, 0.29) is 13.2 Å². The zero-order valence-electron chi connectivity index (χ0n) is 12.3. The second-order valence-electron chi connectivity index (χ2n) is 5.40. The van der Waals surface area contributed by atoms with Crippen LogP contribution in [0.15, 0.2) is 42.5 Å². The first-order valence-corrected chi connectivity index (χ1v) is 7.13. The highest BCUT2D eigenvalue weighted by molar-refractivity contribution is 5.77. The number of rotatable bonds is 4. The normalized spacial score (nSPS) is 14.5. The summed E-state index contributed by atoms with van der Waals surface area (Å²) in [4.78, 5) is 11.6. The van der Waals surface area contributed by atoms with Crippen LogP contribution in [-0.2, 0) is 17.4 Å². The van der Waals surface area contributed by atoms with Crippen molar-refractivity contribution in [1.82, 2.24) is 0 Å². The topological polar surface area (TPSA) is 55.8 Å². The average molecular weight is 338 g/mol. The summed E-state index contributed by atoms with van der Waals surface area (Å²) in [5.41, 5.74) is 0.251. The van der Waals surface area contributed by atoms with Gasteiger partial charge in [0, 0.05) is 0 Å². The third-order valence-electron chi connectivity index (χ3n) is 3.82. The molecule has 1 heterocycles. The maximum absolute atomic E-state index is 12.6. The fraction of sp³-hybridized carbons (Fsp3) is 0.235. The predicted molar refractivity (Wildman–Crippen MR) is 78.1 cm³/mol. The van der Waals surface area contributed by atoms with Gasteiger partial charge in [0.05, 0.1) is 11.5 Å². The van der Waals surface area contributed by atoms with E-state index in [0.717, 1.165) is 12.1 Å². The van der Waals surface area contributed by atoms with Crippen LogP contribution >= 0.6 is 0 Å². The number of aliphatic carboxylic acids is 1. The van der Waals surface area contributed by atoms with Crippen molar-refractivity contribution in [3.8, 4) is 11.5 Å². The summed E-state index contributed by atoms with van der Waals surface area (Å²) in [5.74, 6) is -0.950. The molecule has 1 N–H and O–H groups in total. The van der Waals surface area contributed by atoms with E-state index >= 15 is 0 Å². The minimum atomic E-state index is -4.41. The molecule has 0 saturated carbocycles. The summed E-state index contributed by atoms with van der Waals surface area (Å²) in [6.07, 6.45) is -4.34. The lowest BCUT2D eigenvalue weighted by Gasteiger charge is -2.14. The van der Waals surface area contributed by atoms with Crippen LogP contribution < -0.4 is 9.47 Å². The molecule has 2 aromatic carbocycles. The maximum atomic E-state index is 12.6. The van der Waals surface area contributed by atoms with Crippen molar-refractivity contribution < 1.29 is 32.5 Å². The van der Waals surface area contributed by atoms with Crippen molar-refractivity contribution in [2.24, 2.45) is 0 Å². The van der Waals surface area contributed by atoms with Gasteiger partial charge in [0.25, 0.3) is 0 Å². The van der Waals surface area contributed by atoms with E-state index in [1.807, 2.05) is 0 Å². The number of carbonyl (C=O) groups is 1. The Morgan fingerprint density at radius 2 is 1.75 bits per heavy atom. The molecule has 0 saturated heterocycles. The highest BCUT2D eigenvalue weighted by Crippen LogP contribution is 2.36. The van der Waals surface area contributed by atoms with Crippen molar-refractivity contribution in [1.29, 1.82) is 0 Å². The number of benzene rings is 2. The number of hydrogen-bond acceptors (Lipinski definition) is 3. The summed E-state index contributed by atoms with van der Waals surface area (Å²) in [6.45, 7) is 0.0788. The molecule has 0 amide bonds. The molecule has 7 heteroatoms. The van der Waals surface area contributed by atoms with Crippen LogP contribution in [0.1, 0.15) is 22.6 Å². The second kappa shape index (κ2) is 6.07. The van der Waals surface area contributed by atoms with Gasteiger partial charge >= 0.3 is 12.1 Å². The summed E-state index contributed by atoms with van der Waals surface area (Å²) in [5, 5.41) is 9.47. The van der Waals surface area contributed by atoms with Gasteiger partial charge in [0.2, 0.25) is 6.79 Å². The van der Waals surface area contributed by atoms with Crippen LogP contribution in [-0.4, -0.2) is 17.9 Å². The summed E-state index contributed by atoms with van der Waals surface area (Å²) < 4.78 is 48.2. The molecule has 2 aromatic rings. The minimum absolute atomic E-state index is 0.0765. The van der Waals surface area contributed by atoms with Gasteiger partial charge in [-0.05, 0) is 41.8 Å². The molecular formula is C17H13F3O4. The Bertz CT molecular complexity index is 753. The Kier molecular flexibility index (Phi) is 4.09. The molecule has 0 fully saturated rings. The number of hydrogen-bond donors (Lipinski definition) is 1. The third-order valence-corrected chi connectivity index (χ3v) is 3.82. The van der Waals surface area contributed by atoms with Crippen molar-refractivity contribution in [3.63, 3.8) is 0 Å². The molecule has 126 valence electrons. The molecule has 0 aromatic heterocycles. The fourth-order valence-corrected chi connectivity index (χ4v) is 2.54. The first-order valence-electron chi connectivity index (χ1n) is 7.13. The lowest BCUT2D eigenvalue weighted by Crippen LogP contribution is -2.14. The zero-order valence-corrected chi connectivity index (χ0v) is 12.3. The van der Waals surface area contributed by atoms with Gasteiger partial charge in [-0.15, -0.1) is 0 Å². The van der Waals surface area contributed by atoms with Crippen LogP contribution in [0, 0.1) is 0 Å². The molecule has 1 aliphatic heterocycles. The van der Waals surface area contributed by atoms with E-state index in [9.17, 15) is 23.1 Å². The molecule has 0 aliphatic carbocycles. The van der Waals surface area contributed by atoms with Gasteiger partial charge in [-0.3, -0.25) is 4.79 Å². The van der Waals surface area contributed by atoms with Crippen molar-refractivity contribution in [3.05, 3.63) is 59.2 Å². The van der Waals surface area contributed by atoms with E-state index in [1.165, 1.54) is 12.1 Å². The lowest BCUT2D eigenvalue weighted by molar-refractivity contribution is -0.139. The van der Waals surface area contributed by atoms with E-state index in [2.05, 4.69) is 0 Å². The summed E-state index contributed by atoms with van der Waals surface area (Å²) >= 11 is 0. The third kappa shape index (κ3) is 3.29. The number of carboxylic acid groups (broad SMARTS) is 1. The van der Waals surface area contributed by atoms with E-state index in [4.69, 9.17) is 9.47 Å². The molecule has 0 bridgehead atoms. The Balaban J connectivity index is 1.83. The van der Waals surface area contributed by atoms with Gasteiger partial charge in [0.15, 0.2) is 11.5 Å². The monoisotopic (exact) mass is 338 g/mol. The Morgan fingerprint density at radius 3 is 2.38 bits per heavy atom.